The summed E-state index contributed by atoms with van der Waals surface area (Å²) in [6, 6.07) is 22.0. The molecule has 0 atom stereocenters. The Labute approximate surface area is 195 Å². The molecule has 1 N–H and O–H groups in total. The normalized spacial score (nSPS) is 16.6. The van der Waals surface area contributed by atoms with Crippen LogP contribution in [0.1, 0.15) is 17.2 Å². The molecule has 2 saturated heterocycles. The van der Waals surface area contributed by atoms with E-state index in [2.05, 4.69) is 96.2 Å². The van der Waals surface area contributed by atoms with Crippen LogP contribution in [0.5, 0.6) is 0 Å². The predicted octanol–water partition coefficient (Wildman–Crippen LogP) is 3.71. The molecule has 0 bridgehead atoms. The second-order valence-electron chi connectivity index (χ2n) is 9.09. The maximum Gasteiger partial charge on any atom is 0.0946 e. The van der Waals surface area contributed by atoms with Gasteiger partial charge in [-0.25, -0.2) is 9.97 Å². The number of nitrogens with zero attached hydrogens (tertiary/aromatic N) is 5. The Bertz CT molecular complexity index is 1010. The van der Waals surface area contributed by atoms with Crippen molar-refractivity contribution in [1.82, 2.24) is 29.3 Å². The van der Waals surface area contributed by atoms with Crippen molar-refractivity contribution in [1.29, 1.82) is 0 Å². The van der Waals surface area contributed by atoms with Crippen LogP contribution >= 0.6 is 0 Å². The third-order valence-corrected chi connectivity index (χ3v) is 6.50. The molecule has 0 amide bonds. The first-order chi connectivity index (χ1) is 16.3. The monoisotopic (exact) mass is 440 g/mol. The van der Waals surface area contributed by atoms with Gasteiger partial charge in [0.2, 0.25) is 0 Å². The van der Waals surface area contributed by atoms with E-state index in [0.29, 0.717) is 12.0 Å². The van der Waals surface area contributed by atoms with E-state index >= 15 is 0 Å². The van der Waals surface area contributed by atoms with Crippen LogP contribution in [0.25, 0.3) is 0 Å². The summed E-state index contributed by atoms with van der Waals surface area (Å²) in [6.07, 6.45) is 11.5. The van der Waals surface area contributed by atoms with E-state index in [1.54, 1.807) is 0 Å². The molecule has 6 nitrogen and oxygen atoms in total. The van der Waals surface area contributed by atoms with Gasteiger partial charge in [0, 0.05) is 75.9 Å². The molecule has 6 rings (SSSR count). The van der Waals surface area contributed by atoms with Gasteiger partial charge < -0.3 is 14.5 Å². The first-order valence-corrected chi connectivity index (χ1v) is 11.8. The van der Waals surface area contributed by atoms with Crippen LogP contribution < -0.4 is 5.32 Å². The average Bonchev–Trinajstić information content (AvgIpc) is 3.51. The van der Waals surface area contributed by atoms with Crippen molar-refractivity contribution in [2.24, 2.45) is 11.8 Å². The maximum atomic E-state index is 4.13. The number of nitrogens with one attached hydrogen (secondary N) is 1. The summed E-state index contributed by atoms with van der Waals surface area (Å²) >= 11 is 0. The Morgan fingerprint density at radius 1 is 0.727 bits per heavy atom. The van der Waals surface area contributed by atoms with Crippen LogP contribution in [0, 0.1) is 11.8 Å². The lowest BCUT2D eigenvalue weighted by atomic mass is 9.90. The number of hydrogen-bond acceptors (Lipinski definition) is 4. The molecular weight excluding hydrogens is 408 g/mol. The van der Waals surface area contributed by atoms with Gasteiger partial charge in [0.25, 0.3) is 0 Å². The van der Waals surface area contributed by atoms with Crippen LogP contribution in [0.2, 0.25) is 0 Å². The zero-order valence-electron chi connectivity index (χ0n) is 18.9. The zero-order valence-corrected chi connectivity index (χ0v) is 18.9. The molecule has 4 aromatic rings. The Kier molecular flexibility index (Phi) is 6.94. The van der Waals surface area contributed by atoms with E-state index in [1.165, 1.54) is 11.1 Å². The molecule has 0 spiro atoms. The lowest BCUT2D eigenvalue weighted by Gasteiger charge is -2.45. The van der Waals surface area contributed by atoms with E-state index in [9.17, 15) is 0 Å². The Balaban J connectivity index is 0.000000190. The summed E-state index contributed by atoms with van der Waals surface area (Å²) in [5, 5.41) is 3.24. The lowest BCUT2D eigenvalue weighted by Crippen LogP contribution is -2.50. The van der Waals surface area contributed by atoms with Gasteiger partial charge in [-0.05, 0) is 11.1 Å². The van der Waals surface area contributed by atoms with E-state index < -0.39 is 0 Å². The summed E-state index contributed by atoms with van der Waals surface area (Å²) in [6.45, 7) is 6.77. The van der Waals surface area contributed by atoms with Crippen LogP contribution in [0.4, 0.5) is 0 Å². The zero-order chi connectivity index (χ0) is 22.3. The molecule has 2 fully saturated rings. The summed E-state index contributed by atoms with van der Waals surface area (Å²) in [5.41, 5.74) is 2.75. The highest BCUT2D eigenvalue weighted by molar-refractivity contribution is 5.32. The average molecular weight is 441 g/mol. The van der Waals surface area contributed by atoms with Gasteiger partial charge >= 0.3 is 0 Å². The number of hydrogen-bond donors (Lipinski definition) is 1. The van der Waals surface area contributed by atoms with E-state index in [0.717, 1.165) is 45.2 Å². The van der Waals surface area contributed by atoms with Crippen molar-refractivity contribution in [3.05, 3.63) is 109 Å². The molecule has 33 heavy (non-hydrogen) atoms. The summed E-state index contributed by atoms with van der Waals surface area (Å²) in [4.78, 5) is 10.7. The van der Waals surface area contributed by atoms with Crippen LogP contribution in [0.3, 0.4) is 0 Å². The summed E-state index contributed by atoms with van der Waals surface area (Å²) < 4.78 is 4.31. The van der Waals surface area contributed by atoms with Gasteiger partial charge in [-0.2, -0.15) is 0 Å². The molecule has 6 heteroatoms. The molecule has 2 aromatic carbocycles. The van der Waals surface area contributed by atoms with Gasteiger partial charge in [-0.15, -0.1) is 0 Å². The highest BCUT2D eigenvalue weighted by Gasteiger charge is 2.33. The summed E-state index contributed by atoms with van der Waals surface area (Å²) in [7, 11) is 0. The first-order valence-electron chi connectivity index (χ1n) is 11.8. The predicted molar refractivity (Wildman–Crippen MR) is 131 cm³/mol. The van der Waals surface area contributed by atoms with Gasteiger partial charge in [0.15, 0.2) is 0 Å². The Hall–Kier alpha value is -3.22. The number of imidazole rings is 2. The van der Waals surface area contributed by atoms with Crippen molar-refractivity contribution in [2.75, 3.05) is 26.2 Å². The minimum atomic E-state index is 0.358. The molecule has 2 aromatic heterocycles. The Morgan fingerprint density at radius 2 is 1.24 bits per heavy atom. The molecule has 0 unspecified atom stereocenters. The van der Waals surface area contributed by atoms with Crippen molar-refractivity contribution in [2.45, 2.75) is 19.1 Å². The second kappa shape index (κ2) is 10.6. The van der Waals surface area contributed by atoms with Crippen LogP contribution in [0.15, 0.2) is 98.1 Å². The quantitative estimate of drug-likeness (QED) is 0.476. The van der Waals surface area contributed by atoms with Crippen molar-refractivity contribution in [3.8, 4) is 0 Å². The molecule has 4 heterocycles. The van der Waals surface area contributed by atoms with Gasteiger partial charge in [-0.1, -0.05) is 60.7 Å². The largest absolute Gasteiger partial charge is 0.337 e. The topological polar surface area (TPSA) is 50.9 Å². The molecule has 2 aliphatic rings. The molecular formula is C27H32N6. The van der Waals surface area contributed by atoms with E-state index in [-0.39, 0.29) is 0 Å². The van der Waals surface area contributed by atoms with Gasteiger partial charge in [0.05, 0.1) is 18.7 Å². The fraction of sp³-hybridized carbons (Fsp3) is 0.333. The maximum absolute atomic E-state index is 4.13. The molecule has 0 saturated carbocycles. The van der Waals surface area contributed by atoms with E-state index in [1.807, 2.05) is 31.2 Å². The minimum Gasteiger partial charge on any atom is -0.337 e. The third-order valence-electron chi connectivity index (χ3n) is 6.50. The van der Waals surface area contributed by atoms with Crippen molar-refractivity contribution in [3.63, 3.8) is 0 Å². The molecule has 2 aliphatic heterocycles. The molecule has 170 valence electrons. The number of rotatable bonds is 7. The second-order valence-corrected chi connectivity index (χ2v) is 9.09. The summed E-state index contributed by atoms with van der Waals surface area (Å²) in [5.74, 6) is 1.54. The fourth-order valence-corrected chi connectivity index (χ4v) is 4.68. The standard InChI is InChI=1S/C20H21N3.C7H11N3/c1-3-7-18(8-4-1)20(19-9-5-2-6-10-19)23-14-17(15-23)13-22-12-11-21-16-22;1-2-10(6-8-1)5-7-3-9-4-7/h1-12,16-17,20H,13-15H2;1-2,6-7,9H,3-5H2. The fourth-order valence-electron chi connectivity index (χ4n) is 4.68. The Morgan fingerprint density at radius 3 is 1.67 bits per heavy atom. The number of aromatic nitrogens is 4. The van der Waals surface area contributed by atoms with Crippen molar-refractivity contribution < 1.29 is 0 Å². The smallest absolute Gasteiger partial charge is 0.0946 e. The minimum absolute atomic E-state index is 0.358. The van der Waals surface area contributed by atoms with Crippen LogP contribution in [-0.4, -0.2) is 50.2 Å². The highest BCUT2D eigenvalue weighted by Crippen LogP contribution is 2.34. The SMILES string of the molecule is c1ccc(C(c2ccccc2)N2CC(Cn3ccnc3)C2)cc1.c1cn(CC2CNC2)cn1. The van der Waals surface area contributed by atoms with Crippen molar-refractivity contribution >= 4 is 0 Å². The van der Waals surface area contributed by atoms with E-state index in [4.69, 9.17) is 0 Å². The molecule has 0 aliphatic carbocycles. The third kappa shape index (κ3) is 5.59. The lowest BCUT2D eigenvalue weighted by molar-refractivity contribution is 0.0582. The van der Waals surface area contributed by atoms with Gasteiger partial charge in [0.1, 0.15) is 0 Å². The molecule has 0 radical (unpaired) electrons. The number of likely N-dealkylation sites (tertiary alicyclic amines) is 1. The van der Waals surface area contributed by atoms with Crippen LogP contribution in [-0.2, 0) is 13.1 Å². The number of benzene rings is 2. The first kappa shape index (κ1) is 21.6. The van der Waals surface area contributed by atoms with Gasteiger partial charge in [-0.3, -0.25) is 4.90 Å². The highest BCUT2D eigenvalue weighted by atomic mass is 15.2.